The van der Waals surface area contributed by atoms with Gasteiger partial charge in [-0.25, -0.2) is 8.78 Å². The zero-order valence-electron chi connectivity index (χ0n) is 9.40. The van der Waals surface area contributed by atoms with Gasteiger partial charge in [-0.3, -0.25) is 0 Å². The van der Waals surface area contributed by atoms with Crippen molar-refractivity contribution in [2.24, 2.45) is 5.92 Å². The molecule has 0 atom stereocenters. The summed E-state index contributed by atoms with van der Waals surface area (Å²) in [5.41, 5.74) is 2.99. The Morgan fingerprint density at radius 2 is 1.53 bits per heavy atom. The minimum Gasteiger partial charge on any atom is -0.201 e. The molecule has 0 spiro atoms. The molecular formula is C13H16F2. The summed E-state index contributed by atoms with van der Waals surface area (Å²) in [4.78, 5) is 0. The Morgan fingerprint density at radius 3 is 2.07 bits per heavy atom. The first-order chi connectivity index (χ1) is 6.93. The molecule has 2 heteroatoms. The van der Waals surface area contributed by atoms with Crippen LogP contribution in [0.2, 0.25) is 0 Å². The Labute approximate surface area is 89.3 Å². The average Bonchev–Trinajstić information content (AvgIpc) is 2.93. The SMILES string of the molecule is Cc1cc(C)c(C(F)(F)C2CC2)cc1C. The Bertz CT molecular complexity index is 390. The molecule has 1 aromatic carbocycles. The van der Waals surface area contributed by atoms with Crippen LogP contribution in [-0.2, 0) is 5.92 Å². The molecule has 1 aliphatic carbocycles. The molecule has 2 rings (SSSR count). The summed E-state index contributed by atoms with van der Waals surface area (Å²) in [5, 5.41) is 0. The number of halogens is 2. The molecule has 0 bridgehead atoms. The van der Waals surface area contributed by atoms with Crippen LogP contribution in [0.3, 0.4) is 0 Å². The highest BCUT2D eigenvalue weighted by molar-refractivity contribution is 5.39. The van der Waals surface area contributed by atoms with Crippen LogP contribution in [0.15, 0.2) is 12.1 Å². The monoisotopic (exact) mass is 210 g/mol. The first kappa shape index (κ1) is 10.6. The van der Waals surface area contributed by atoms with Crippen molar-refractivity contribution in [2.45, 2.75) is 39.5 Å². The Kier molecular flexibility index (Phi) is 2.32. The molecule has 0 N–H and O–H groups in total. The lowest BCUT2D eigenvalue weighted by Crippen LogP contribution is -2.18. The van der Waals surface area contributed by atoms with E-state index >= 15 is 0 Å². The van der Waals surface area contributed by atoms with Crippen molar-refractivity contribution in [1.82, 2.24) is 0 Å². The lowest BCUT2D eigenvalue weighted by atomic mass is 9.94. The second kappa shape index (κ2) is 3.29. The second-order valence-corrected chi connectivity index (χ2v) is 4.65. The molecule has 0 aromatic heterocycles. The van der Waals surface area contributed by atoms with Gasteiger partial charge in [0, 0.05) is 11.5 Å². The molecule has 0 heterocycles. The smallest absolute Gasteiger partial charge is 0.201 e. The van der Waals surface area contributed by atoms with E-state index in [1.165, 1.54) is 0 Å². The predicted molar refractivity (Wildman–Crippen MR) is 57.3 cm³/mol. The zero-order chi connectivity index (χ0) is 11.2. The van der Waals surface area contributed by atoms with Gasteiger partial charge in [-0.05, 0) is 56.4 Å². The van der Waals surface area contributed by atoms with Gasteiger partial charge in [-0.1, -0.05) is 6.07 Å². The van der Waals surface area contributed by atoms with E-state index in [9.17, 15) is 8.78 Å². The van der Waals surface area contributed by atoms with Crippen LogP contribution in [0.4, 0.5) is 8.78 Å². The van der Waals surface area contributed by atoms with Crippen LogP contribution < -0.4 is 0 Å². The topological polar surface area (TPSA) is 0 Å². The van der Waals surface area contributed by atoms with Gasteiger partial charge in [0.2, 0.25) is 0 Å². The van der Waals surface area contributed by atoms with Crippen molar-refractivity contribution in [3.8, 4) is 0 Å². The van der Waals surface area contributed by atoms with Gasteiger partial charge in [0.15, 0.2) is 0 Å². The first-order valence-electron chi connectivity index (χ1n) is 5.39. The lowest BCUT2D eigenvalue weighted by molar-refractivity contribution is -0.0291. The van der Waals surface area contributed by atoms with Crippen LogP contribution in [0.25, 0.3) is 0 Å². The van der Waals surface area contributed by atoms with Crippen molar-refractivity contribution in [3.05, 3.63) is 34.4 Å². The van der Waals surface area contributed by atoms with Crippen LogP contribution >= 0.6 is 0 Å². The Balaban J connectivity index is 2.47. The molecular weight excluding hydrogens is 194 g/mol. The molecule has 0 saturated heterocycles. The summed E-state index contributed by atoms with van der Waals surface area (Å²) < 4.78 is 27.8. The highest BCUT2D eigenvalue weighted by Gasteiger charge is 2.48. The van der Waals surface area contributed by atoms with Crippen LogP contribution in [0.1, 0.15) is 35.1 Å². The first-order valence-corrected chi connectivity index (χ1v) is 5.39. The number of alkyl halides is 2. The molecule has 0 aliphatic heterocycles. The minimum atomic E-state index is -2.62. The third-order valence-electron chi connectivity index (χ3n) is 3.29. The highest BCUT2D eigenvalue weighted by Crippen LogP contribution is 2.50. The average molecular weight is 210 g/mol. The third kappa shape index (κ3) is 1.77. The summed E-state index contributed by atoms with van der Waals surface area (Å²) in [6, 6.07) is 3.52. The van der Waals surface area contributed by atoms with Crippen LogP contribution in [0, 0.1) is 26.7 Å². The Morgan fingerprint density at radius 1 is 1.00 bits per heavy atom. The normalized spacial score (nSPS) is 16.9. The maximum Gasteiger partial charge on any atom is 0.276 e. The molecule has 0 unspecified atom stereocenters. The fourth-order valence-electron chi connectivity index (χ4n) is 1.99. The van der Waals surface area contributed by atoms with E-state index in [4.69, 9.17) is 0 Å². The molecule has 1 aromatic rings. The van der Waals surface area contributed by atoms with Gasteiger partial charge < -0.3 is 0 Å². The van der Waals surface area contributed by atoms with Crippen LogP contribution in [0.5, 0.6) is 0 Å². The van der Waals surface area contributed by atoms with E-state index in [0.29, 0.717) is 12.8 Å². The number of benzene rings is 1. The van der Waals surface area contributed by atoms with Gasteiger partial charge in [-0.15, -0.1) is 0 Å². The van der Waals surface area contributed by atoms with E-state index < -0.39 is 11.8 Å². The van der Waals surface area contributed by atoms with E-state index in [0.717, 1.165) is 16.7 Å². The number of aryl methyl sites for hydroxylation is 3. The maximum atomic E-state index is 13.9. The van der Waals surface area contributed by atoms with E-state index in [-0.39, 0.29) is 5.56 Å². The molecule has 1 fully saturated rings. The van der Waals surface area contributed by atoms with Gasteiger partial charge in [0.1, 0.15) is 0 Å². The molecule has 0 nitrogen and oxygen atoms in total. The van der Waals surface area contributed by atoms with Crippen molar-refractivity contribution in [1.29, 1.82) is 0 Å². The standard InChI is InChI=1S/C13H16F2/c1-8-6-10(3)12(7-9(8)2)13(14,15)11-4-5-11/h6-7,11H,4-5H2,1-3H3. The van der Waals surface area contributed by atoms with Crippen molar-refractivity contribution in [2.75, 3.05) is 0 Å². The van der Waals surface area contributed by atoms with E-state index in [2.05, 4.69) is 0 Å². The summed E-state index contributed by atoms with van der Waals surface area (Å²) >= 11 is 0. The number of hydrogen-bond acceptors (Lipinski definition) is 0. The molecule has 0 amide bonds. The molecule has 15 heavy (non-hydrogen) atoms. The molecule has 1 saturated carbocycles. The van der Waals surface area contributed by atoms with Gasteiger partial charge >= 0.3 is 0 Å². The molecule has 0 radical (unpaired) electrons. The predicted octanol–water partition coefficient (Wildman–Crippen LogP) is 4.11. The van der Waals surface area contributed by atoms with Crippen molar-refractivity contribution >= 4 is 0 Å². The summed E-state index contributed by atoms with van der Waals surface area (Å²) in [6.45, 7) is 5.63. The largest absolute Gasteiger partial charge is 0.276 e. The number of hydrogen-bond donors (Lipinski definition) is 0. The van der Waals surface area contributed by atoms with Crippen molar-refractivity contribution in [3.63, 3.8) is 0 Å². The fourth-order valence-corrected chi connectivity index (χ4v) is 1.99. The Hall–Kier alpha value is -0.920. The summed E-state index contributed by atoms with van der Waals surface area (Å²) in [6.07, 6.45) is 1.33. The fraction of sp³-hybridized carbons (Fsp3) is 0.538. The highest BCUT2D eigenvalue weighted by atomic mass is 19.3. The van der Waals surface area contributed by atoms with Gasteiger partial charge in [0.05, 0.1) is 0 Å². The molecule has 1 aliphatic rings. The molecule has 82 valence electrons. The quantitative estimate of drug-likeness (QED) is 0.689. The zero-order valence-corrected chi connectivity index (χ0v) is 9.40. The van der Waals surface area contributed by atoms with Crippen LogP contribution in [-0.4, -0.2) is 0 Å². The van der Waals surface area contributed by atoms with E-state index in [1.807, 2.05) is 19.9 Å². The van der Waals surface area contributed by atoms with Crippen molar-refractivity contribution < 1.29 is 8.78 Å². The summed E-state index contributed by atoms with van der Waals surface area (Å²) in [5.74, 6) is -3.04. The lowest BCUT2D eigenvalue weighted by Gasteiger charge is -2.19. The third-order valence-corrected chi connectivity index (χ3v) is 3.29. The second-order valence-electron chi connectivity index (χ2n) is 4.65. The van der Waals surface area contributed by atoms with Gasteiger partial charge in [0.25, 0.3) is 5.92 Å². The van der Waals surface area contributed by atoms with Gasteiger partial charge in [-0.2, -0.15) is 0 Å². The number of rotatable bonds is 2. The maximum absolute atomic E-state index is 13.9. The van der Waals surface area contributed by atoms with E-state index in [1.54, 1.807) is 13.0 Å². The minimum absolute atomic E-state index is 0.230. The summed E-state index contributed by atoms with van der Waals surface area (Å²) in [7, 11) is 0.